The van der Waals surface area contributed by atoms with E-state index in [9.17, 15) is 5.11 Å². The van der Waals surface area contributed by atoms with Crippen molar-refractivity contribution in [1.82, 2.24) is 0 Å². The lowest BCUT2D eigenvalue weighted by Crippen LogP contribution is -2.24. The van der Waals surface area contributed by atoms with Gasteiger partial charge < -0.3 is 14.6 Å². The summed E-state index contributed by atoms with van der Waals surface area (Å²) in [7, 11) is 0. The van der Waals surface area contributed by atoms with E-state index in [4.69, 9.17) is 9.52 Å². The lowest BCUT2D eigenvalue weighted by Gasteiger charge is -2.16. The molecule has 0 spiro atoms. The number of aliphatic hydroxyl groups is 2. The van der Waals surface area contributed by atoms with Crippen LogP contribution >= 0.6 is 15.9 Å². The Balaban J connectivity index is 2.56. The highest BCUT2D eigenvalue weighted by Crippen LogP contribution is 2.29. The van der Waals surface area contributed by atoms with Gasteiger partial charge in [-0.3, -0.25) is 0 Å². The Kier molecular flexibility index (Phi) is 2.58. The minimum absolute atomic E-state index is 0.367. The maximum Gasteiger partial charge on any atom is 0.142 e. The van der Waals surface area contributed by atoms with Crippen molar-refractivity contribution in [2.24, 2.45) is 0 Å². The number of fused-ring (bicyclic) bond motifs is 1. The highest BCUT2D eigenvalue weighted by molar-refractivity contribution is 9.10. The van der Waals surface area contributed by atoms with Crippen molar-refractivity contribution in [3.8, 4) is 0 Å². The summed E-state index contributed by atoms with van der Waals surface area (Å²) in [4.78, 5) is 0. The normalized spacial score (nSPS) is 15.5. The third kappa shape index (κ3) is 1.93. The van der Waals surface area contributed by atoms with Gasteiger partial charge in [0.05, 0.1) is 6.61 Å². The Bertz CT molecular complexity index is 488. The molecular formula is C11H11BrO3. The summed E-state index contributed by atoms with van der Waals surface area (Å²) < 4.78 is 6.40. The first-order valence-corrected chi connectivity index (χ1v) is 5.35. The van der Waals surface area contributed by atoms with Crippen LogP contribution in [-0.4, -0.2) is 16.8 Å². The zero-order valence-corrected chi connectivity index (χ0v) is 9.78. The minimum atomic E-state index is -1.33. The zero-order chi connectivity index (χ0) is 11.1. The second-order valence-corrected chi connectivity index (χ2v) is 4.64. The maximum absolute atomic E-state index is 9.81. The lowest BCUT2D eigenvalue weighted by molar-refractivity contribution is -0.0184. The van der Waals surface area contributed by atoms with E-state index in [1.807, 2.05) is 18.2 Å². The molecule has 2 N–H and O–H groups in total. The third-order valence-corrected chi connectivity index (χ3v) is 2.81. The number of aliphatic hydroxyl groups excluding tert-OH is 1. The number of furan rings is 1. The highest BCUT2D eigenvalue weighted by atomic mass is 79.9. The highest BCUT2D eigenvalue weighted by Gasteiger charge is 2.26. The average Bonchev–Trinajstić information content (AvgIpc) is 2.61. The molecule has 0 aliphatic heterocycles. The monoisotopic (exact) mass is 270 g/mol. The molecule has 0 aliphatic carbocycles. The topological polar surface area (TPSA) is 53.6 Å². The van der Waals surface area contributed by atoms with Gasteiger partial charge in [-0.2, -0.15) is 0 Å². The van der Waals surface area contributed by atoms with E-state index < -0.39 is 5.60 Å². The molecule has 0 saturated carbocycles. The number of rotatable bonds is 2. The van der Waals surface area contributed by atoms with Crippen LogP contribution in [0.1, 0.15) is 12.7 Å². The van der Waals surface area contributed by atoms with Crippen LogP contribution < -0.4 is 0 Å². The largest absolute Gasteiger partial charge is 0.458 e. The molecule has 4 heteroatoms. The second-order valence-electron chi connectivity index (χ2n) is 3.72. The third-order valence-electron chi connectivity index (χ3n) is 2.32. The average molecular weight is 271 g/mol. The maximum atomic E-state index is 9.81. The van der Waals surface area contributed by atoms with Crippen LogP contribution in [0.3, 0.4) is 0 Å². The zero-order valence-electron chi connectivity index (χ0n) is 8.20. The van der Waals surface area contributed by atoms with Gasteiger partial charge in [-0.1, -0.05) is 15.9 Å². The van der Waals surface area contributed by atoms with Crippen molar-refractivity contribution in [1.29, 1.82) is 0 Å². The van der Waals surface area contributed by atoms with E-state index in [-0.39, 0.29) is 6.61 Å². The summed E-state index contributed by atoms with van der Waals surface area (Å²) in [6.45, 7) is 1.15. The van der Waals surface area contributed by atoms with E-state index in [2.05, 4.69) is 15.9 Å². The molecule has 2 aromatic rings. The summed E-state index contributed by atoms with van der Waals surface area (Å²) in [5, 5.41) is 19.7. The van der Waals surface area contributed by atoms with Crippen LogP contribution in [0, 0.1) is 0 Å². The molecule has 1 aromatic heterocycles. The predicted octanol–water partition coefficient (Wildman–Crippen LogP) is 2.40. The van der Waals surface area contributed by atoms with Crippen molar-refractivity contribution >= 4 is 26.9 Å². The van der Waals surface area contributed by atoms with Crippen LogP contribution in [0.15, 0.2) is 33.2 Å². The lowest BCUT2D eigenvalue weighted by atomic mass is 10.1. The van der Waals surface area contributed by atoms with Crippen molar-refractivity contribution in [2.45, 2.75) is 12.5 Å². The fourth-order valence-corrected chi connectivity index (χ4v) is 1.74. The van der Waals surface area contributed by atoms with E-state index in [0.717, 1.165) is 9.86 Å². The van der Waals surface area contributed by atoms with Crippen molar-refractivity contribution in [3.63, 3.8) is 0 Å². The van der Waals surface area contributed by atoms with Gasteiger partial charge in [0.1, 0.15) is 16.9 Å². The fourth-order valence-electron chi connectivity index (χ4n) is 1.36. The molecule has 0 bridgehead atoms. The molecule has 0 radical (unpaired) electrons. The smallest absolute Gasteiger partial charge is 0.142 e. The first-order valence-electron chi connectivity index (χ1n) is 4.56. The molecule has 1 heterocycles. The van der Waals surface area contributed by atoms with Gasteiger partial charge in [-0.15, -0.1) is 0 Å². The SMILES string of the molecule is CC(O)(CO)c1cc2cc(Br)ccc2o1. The summed E-state index contributed by atoms with van der Waals surface area (Å²) >= 11 is 3.36. The Morgan fingerprint density at radius 1 is 1.40 bits per heavy atom. The van der Waals surface area contributed by atoms with E-state index >= 15 is 0 Å². The molecular weight excluding hydrogens is 260 g/mol. The summed E-state index contributed by atoms with van der Waals surface area (Å²) in [5.74, 6) is 0.373. The quantitative estimate of drug-likeness (QED) is 0.881. The van der Waals surface area contributed by atoms with Crippen LogP contribution in [0.2, 0.25) is 0 Å². The Labute approximate surface area is 95.5 Å². The molecule has 1 unspecified atom stereocenters. The second kappa shape index (κ2) is 3.63. The minimum Gasteiger partial charge on any atom is -0.458 e. The first kappa shape index (κ1) is 10.7. The predicted molar refractivity (Wildman–Crippen MR) is 60.6 cm³/mol. The molecule has 3 nitrogen and oxygen atoms in total. The molecule has 2 rings (SSSR count). The Morgan fingerprint density at radius 3 is 2.80 bits per heavy atom. The molecule has 1 atom stereocenters. The van der Waals surface area contributed by atoms with E-state index in [0.29, 0.717) is 11.3 Å². The van der Waals surface area contributed by atoms with Crippen molar-refractivity contribution in [2.75, 3.05) is 6.61 Å². The van der Waals surface area contributed by atoms with E-state index in [1.54, 1.807) is 6.07 Å². The van der Waals surface area contributed by atoms with Crippen LogP contribution in [0.25, 0.3) is 11.0 Å². The number of hydrogen-bond donors (Lipinski definition) is 2. The molecule has 1 aromatic carbocycles. The van der Waals surface area contributed by atoms with Crippen molar-refractivity contribution < 1.29 is 14.6 Å². The van der Waals surface area contributed by atoms with E-state index in [1.165, 1.54) is 6.92 Å². The molecule has 80 valence electrons. The standard InChI is InChI=1S/C11H11BrO3/c1-11(14,6-13)10-5-7-4-8(12)2-3-9(7)15-10/h2-5,13-14H,6H2,1H3. The number of benzene rings is 1. The molecule has 0 saturated heterocycles. The Hall–Kier alpha value is -0.840. The van der Waals surface area contributed by atoms with Gasteiger partial charge in [0.15, 0.2) is 0 Å². The fraction of sp³-hybridized carbons (Fsp3) is 0.273. The van der Waals surface area contributed by atoms with Gasteiger partial charge in [0.25, 0.3) is 0 Å². The van der Waals surface area contributed by atoms with Gasteiger partial charge in [0, 0.05) is 9.86 Å². The van der Waals surface area contributed by atoms with Crippen LogP contribution in [-0.2, 0) is 5.60 Å². The summed E-state index contributed by atoms with van der Waals surface area (Å²) in [6, 6.07) is 7.31. The number of hydrogen-bond acceptors (Lipinski definition) is 3. The Morgan fingerprint density at radius 2 is 2.13 bits per heavy atom. The summed E-state index contributed by atoms with van der Waals surface area (Å²) in [6.07, 6.45) is 0. The van der Waals surface area contributed by atoms with Gasteiger partial charge in [-0.05, 0) is 31.2 Å². The van der Waals surface area contributed by atoms with Crippen LogP contribution in [0.4, 0.5) is 0 Å². The van der Waals surface area contributed by atoms with Crippen molar-refractivity contribution in [3.05, 3.63) is 34.5 Å². The molecule has 0 amide bonds. The van der Waals surface area contributed by atoms with Gasteiger partial charge in [0.2, 0.25) is 0 Å². The molecule has 0 fully saturated rings. The molecule has 0 aliphatic rings. The van der Waals surface area contributed by atoms with Gasteiger partial charge >= 0.3 is 0 Å². The summed E-state index contributed by atoms with van der Waals surface area (Å²) in [5.41, 5.74) is -0.632. The number of halogens is 1. The first-order chi connectivity index (χ1) is 7.03. The van der Waals surface area contributed by atoms with Crippen LogP contribution in [0.5, 0.6) is 0 Å². The van der Waals surface area contributed by atoms with Gasteiger partial charge in [-0.25, -0.2) is 0 Å². The molecule has 15 heavy (non-hydrogen) atoms.